The van der Waals surface area contributed by atoms with Gasteiger partial charge >= 0.3 is 0 Å². The Kier molecular flexibility index (Phi) is 5.37. The topological polar surface area (TPSA) is 43.7 Å². The summed E-state index contributed by atoms with van der Waals surface area (Å²) in [5.74, 6) is 0.291. The van der Waals surface area contributed by atoms with Crippen LogP contribution in [0.5, 0.6) is 5.75 Å². The molecule has 0 radical (unpaired) electrons. The molecule has 0 saturated heterocycles. The number of aliphatic hydroxyl groups is 1. The van der Waals surface area contributed by atoms with Gasteiger partial charge < -0.3 is 15.1 Å². The second-order valence-electron chi connectivity index (χ2n) is 5.59. The molecule has 0 heterocycles. The molecule has 0 unspecified atom stereocenters. The van der Waals surface area contributed by atoms with Gasteiger partial charge in [0.15, 0.2) is 0 Å². The van der Waals surface area contributed by atoms with Crippen molar-refractivity contribution >= 4 is 0 Å². The van der Waals surface area contributed by atoms with E-state index in [-0.39, 0.29) is 0 Å². The van der Waals surface area contributed by atoms with Crippen molar-refractivity contribution in [1.29, 1.82) is 0 Å². The van der Waals surface area contributed by atoms with Gasteiger partial charge in [0, 0.05) is 12.6 Å². The van der Waals surface area contributed by atoms with Gasteiger partial charge in [-0.05, 0) is 43.7 Å². The second-order valence-corrected chi connectivity index (χ2v) is 5.59. The van der Waals surface area contributed by atoms with Crippen LogP contribution in [-0.2, 0) is 6.42 Å². The zero-order valence-corrected chi connectivity index (χ0v) is 12.6. The zero-order chi connectivity index (χ0) is 15.2. The molecule has 2 aromatic rings. The molecular formula is C18H23NO2. The Morgan fingerprint density at radius 3 is 2.24 bits per heavy atom. The second kappa shape index (κ2) is 7.25. The Labute approximate surface area is 126 Å². The zero-order valence-electron chi connectivity index (χ0n) is 12.6. The molecule has 0 aliphatic heterocycles. The van der Waals surface area contributed by atoms with Crippen LogP contribution in [0.3, 0.4) is 0 Å². The van der Waals surface area contributed by atoms with Gasteiger partial charge in [0.1, 0.15) is 5.75 Å². The van der Waals surface area contributed by atoms with E-state index < -0.39 is 6.10 Å². The fourth-order valence-electron chi connectivity index (χ4n) is 2.36. The summed E-state index contributed by atoms with van der Waals surface area (Å²) in [5, 5.41) is 19.6. The van der Waals surface area contributed by atoms with Crippen LogP contribution in [0.1, 0.15) is 24.2 Å². The van der Waals surface area contributed by atoms with Crippen molar-refractivity contribution in [3.63, 3.8) is 0 Å². The summed E-state index contributed by atoms with van der Waals surface area (Å²) in [5.41, 5.74) is 2.13. The molecule has 3 nitrogen and oxygen atoms in total. The van der Waals surface area contributed by atoms with E-state index >= 15 is 0 Å². The fraction of sp³-hybridized carbons (Fsp3) is 0.333. The molecule has 2 N–H and O–H groups in total. The largest absolute Gasteiger partial charge is 0.508 e. The monoisotopic (exact) mass is 285 g/mol. The van der Waals surface area contributed by atoms with E-state index in [1.165, 1.54) is 5.56 Å². The maximum Gasteiger partial charge on any atom is 0.115 e. The predicted octanol–water partition coefficient (Wildman–Crippen LogP) is 2.99. The molecular weight excluding hydrogens is 262 g/mol. The molecule has 2 rings (SSSR count). The first kappa shape index (κ1) is 15.5. The predicted molar refractivity (Wildman–Crippen MR) is 85.3 cm³/mol. The average Bonchev–Trinajstić information content (AvgIpc) is 2.50. The molecule has 0 spiro atoms. The molecule has 0 fully saturated rings. The number of hydrogen-bond acceptors (Lipinski definition) is 3. The molecule has 0 bridgehead atoms. The molecule has 0 amide bonds. The van der Waals surface area contributed by atoms with Crippen molar-refractivity contribution in [2.24, 2.45) is 0 Å². The van der Waals surface area contributed by atoms with E-state index in [0.717, 1.165) is 12.0 Å². The van der Waals surface area contributed by atoms with Gasteiger partial charge in [0.25, 0.3) is 0 Å². The summed E-state index contributed by atoms with van der Waals surface area (Å²) in [6.45, 7) is 2.74. The Bertz CT molecular complexity index is 539. The normalized spacial score (nSPS) is 14.1. The van der Waals surface area contributed by atoms with Crippen molar-refractivity contribution in [1.82, 2.24) is 4.90 Å². The minimum Gasteiger partial charge on any atom is -0.508 e. The van der Waals surface area contributed by atoms with Gasteiger partial charge in [-0.1, -0.05) is 42.5 Å². The summed E-state index contributed by atoms with van der Waals surface area (Å²) in [6, 6.07) is 17.3. The lowest BCUT2D eigenvalue weighted by molar-refractivity contribution is 0.108. The molecule has 21 heavy (non-hydrogen) atoms. The van der Waals surface area contributed by atoms with Crippen molar-refractivity contribution in [3.8, 4) is 5.75 Å². The first-order valence-electron chi connectivity index (χ1n) is 7.27. The molecule has 0 saturated carbocycles. The molecule has 0 aliphatic rings. The van der Waals surface area contributed by atoms with E-state index in [9.17, 15) is 10.2 Å². The van der Waals surface area contributed by atoms with E-state index in [0.29, 0.717) is 18.3 Å². The third kappa shape index (κ3) is 4.59. The number of benzene rings is 2. The van der Waals surface area contributed by atoms with Gasteiger partial charge in [-0.3, -0.25) is 0 Å². The third-order valence-corrected chi connectivity index (χ3v) is 3.87. The Balaban J connectivity index is 1.90. The quantitative estimate of drug-likeness (QED) is 0.857. The van der Waals surface area contributed by atoms with Crippen LogP contribution < -0.4 is 0 Å². The Morgan fingerprint density at radius 1 is 1.00 bits per heavy atom. The Morgan fingerprint density at radius 2 is 1.62 bits per heavy atom. The molecule has 0 aliphatic carbocycles. The van der Waals surface area contributed by atoms with Gasteiger partial charge in [-0.15, -0.1) is 0 Å². The first-order valence-corrected chi connectivity index (χ1v) is 7.27. The van der Waals surface area contributed by atoms with E-state index in [1.807, 2.05) is 49.5 Å². The molecule has 2 aromatic carbocycles. The lowest BCUT2D eigenvalue weighted by Gasteiger charge is -2.27. The van der Waals surface area contributed by atoms with Crippen LogP contribution in [0.4, 0.5) is 0 Å². The van der Waals surface area contributed by atoms with Crippen LogP contribution in [0.25, 0.3) is 0 Å². The van der Waals surface area contributed by atoms with Gasteiger partial charge in [0.05, 0.1) is 6.10 Å². The third-order valence-electron chi connectivity index (χ3n) is 3.87. The highest BCUT2D eigenvalue weighted by molar-refractivity contribution is 5.26. The number of likely N-dealkylation sites (N-methyl/N-ethyl adjacent to an activating group) is 1. The summed E-state index contributed by atoms with van der Waals surface area (Å²) >= 11 is 0. The summed E-state index contributed by atoms with van der Waals surface area (Å²) in [6.07, 6.45) is 0.414. The van der Waals surface area contributed by atoms with Crippen LogP contribution in [-0.4, -0.2) is 34.7 Å². The number of aliphatic hydroxyl groups excluding tert-OH is 1. The van der Waals surface area contributed by atoms with Gasteiger partial charge in [-0.2, -0.15) is 0 Å². The SMILES string of the molecule is C[C@@H](Cc1ccc(O)cc1)N(C)C[C@@H](O)c1ccccc1. The molecule has 2 atom stereocenters. The van der Waals surface area contributed by atoms with Crippen molar-refractivity contribution in [2.75, 3.05) is 13.6 Å². The minimum absolute atomic E-state index is 0.291. The van der Waals surface area contributed by atoms with Gasteiger partial charge in [-0.25, -0.2) is 0 Å². The number of phenols is 1. The number of rotatable bonds is 6. The standard InChI is InChI=1S/C18H23NO2/c1-14(12-15-8-10-17(20)11-9-15)19(2)13-18(21)16-6-4-3-5-7-16/h3-11,14,18,20-21H,12-13H2,1-2H3/t14-,18+/m0/s1. The lowest BCUT2D eigenvalue weighted by atomic mass is 10.0. The van der Waals surface area contributed by atoms with E-state index in [4.69, 9.17) is 0 Å². The van der Waals surface area contributed by atoms with Crippen molar-refractivity contribution in [2.45, 2.75) is 25.5 Å². The van der Waals surface area contributed by atoms with Crippen LogP contribution in [0, 0.1) is 0 Å². The molecule has 3 heteroatoms. The highest BCUT2D eigenvalue weighted by Gasteiger charge is 2.15. The van der Waals surface area contributed by atoms with E-state index in [2.05, 4.69) is 11.8 Å². The van der Waals surface area contributed by atoms with E-state index in [1.54, 1.807) is 12.1 Å². The van der Waals surface area contributed by atoms with Crippen LogP contribution >= 0.6 is 0 Å². The number of phenolic OH excluding ortho intramolecular Hbond substituents is 1. The fourth-order valence-corrected chi connectivity index (χ4v) is 2.36. The number of aromatic hydroxyl groups is 1. The molecule has 0 aromatic heterocycles. The first-order chi connectivity index (χ1) is 10.1. The molecule has 112 valence electrons. The maximum absolute atomic E-state index is 10.3. The smallest absolute Gasteiger partial charge is 0.115 e. The number of hydrogen-bond donors (Lipinski definition) is 2. The van der Waals surface area contributed by atoms with Gasteiger partial charge in [0.2, 0.25) is 0 Å². The van der Waals surface area contributed by atoms with Crippen molar-refractivity contribution in [3.05, 3.63) is 65.7 Å². The Hall–Kier alpha value is -1.84. The summed E-state index contributed by atoms with van der Waals surface area (Å²) in [4.78, 5) is 2.16. The van der Waals surface area contributed by atoms with Crippen LogP contribution in [0.15, 0.2) is 54.6 Å². The van der Waals surface area contributed by atoms with Crippen molar-refractivity contribution < 1.29 is 10.2 Å². The highest BCUT2D eigenvalue weighted by Crippen LogP contribution is 2.17. The average molecular weight is 285 g/mol. The maximum atomic E-state index is 10.3. The highest BCUT2D eigenvalue weighted by atomic mass is 16.3. The number of nitrogens with zero attached hydrogens (tertiary/aromatic N) is 1. The summed E-state index contributed by atoms with van der Waals surface area (Å²) in [7, 11) is 2.03. The van der Waals surface area contributed by atoms with Crippen LogP contribution in [0.2, 0.25) is 0 Å². The minimum atomic E-state index is -0.474. The summed E-state index contributed by atoms with van der Waals surface area (Å²) < 4.78 is 0. The lowest BCUT2D eigenvalue weighted by Crippen LogP contribution is -2.34.